The molecule has 24 heavy (non-hydrogen) atoms. The Hall–Kier alpha value is -1.86. The average molecular weight is 351 g/mol. The number of rotatable bonds is 5. The molecule has 0 amide bonds. The first-order valence-corrected chi connectivity index (χ1v) is 8.70. The van der Waals surface area contributed by atoms with Crippen molar-refractivity contribution in [3.8, 4) is 0 Å². The third kappa shape index (κ3) is 3.47. The summed E-state index contributed by atoms with van der Waals surface area (Å²) in [5, 5.41) is 8.70. The second-order valence-corrected chi connectivity index (χ2v) is 6.46. The number of H-pyrrole nitrogens is 1. The lowest BCUT2D eigenvalue weighted by atomic mass is 10.1. The molecule has 3 heterocycles. The van der Waals surface area contributed by atoms with Crippen molar-refractivity contribution in [1.29, 1.82) is 0 Å². The number of piperidine rings is 1. The number of halogens is 1. The highest BCUT2D eigenvalue weighted by Crippen LogP contribution is 2.21. The minimum absolute atomic E-state index is 0.137. The van der Waals surface area contributed by atoms with Gasteiger partial charge in [-0.2, -0.15) is 5.10 Å². The predicted molar refractivity (Wildman–Crippen MR) is 94.5 cm³/mol. The van der Waals surface area contributed by atoms with Crippen LogP contribution in [0.5, 0.6) is 0 Å². The summed E-state index contributed by atoms with van der Waals surface area (Å²) in [7, 11) is 1.86. The lowest BCUT2D eigenvalue weighted by Gasteiger charge is -2.33. The zero-order valence-corrected chi connectivity index (χ0v) is 14.8. The van der Waals surface area contributed by atoms with Crippen LogP contribution in [0.25, 0.3) is 0 Å². The van der Waals surface area contributed by atoms with Gasteiger partial charge in [0.15, 0.2) is 5.82 Å². The zero-order valence-electron chi connectivity index (χ0n) is 14.0. The van der Waals surface area contributed by atoms with Crippen LogP contribution in [-0.2, 0) is 20.0 Å². The van der Waals surface area contributed by atoms with Gasteiger partial charge in [-0.25, -0.2) is 4.98 Å². The lowest BCUT2D eigenvalue weighted by Crippen LogP contribution is -2.47. The molecule has 2 aromatic heterocycles. The molecule has 7 nitrogen and oxygen atoms in total. The summed E-state index contributed by atoms with van der Waals surface area (Å²) >= 11 is 6.35. The molecule has 1 fully saturated rings. The van der Waals surface area contributed by atoms with Crippen LogP contribution in [0.4, 0.5) is 5.82 Å². The summed E-state index contributed by atoms with van der Waals surface area (Å²) < 4.78 is 1.72. The molecule has 0 radical (unpaired) electrons. The molecule has 8 heteroatoms. The number of aromatic nitrogens is 4. The van der Waals surface area contributed by atoms with Gasteiger partial charge in [0.2, 0.25) is 0 Å². The molecule has 0 aromatic carbocycles. The topological polar surface area (TPSA) is 78.8 Å². The van der Waals surface area contributed by atoms with Crippen LogP contribution in [-0.4, -0.2) is 38.9 Å². The Kier molecular flexibility index (Phi) is 5.20. The molecule has 1 atom stereocenters. The highest BCUT2D eigenvalue weighted by molar-refractivity contribution is 6.30. The molecule has 1 aliphatic heterocycles. The summed E-state index contributed by atoms with van der Waals surface area (Å²) in [6, 6.07) is 0.293. The molecular weight excluding hydrogens is 328 g/mol. The fraction of sp³-hybridized carbons (Fsp3) is 0.562. The first-order valence-electron chi connectivity index (χ1n) is 8.32. The number of hydrogen-bond acceptors (Lipinski definition) is 5. The number of aromatic amines is 1. The highest BCUT2D eigenvalue weighted by atomic mass is 35.5. The largest absolute Gasteiger partial charge is 0.350 e. The van der Waals surface area contributed by atoms with Crippen LogP contribution in [0.1, 0.15) is 31.0 Å². The Balaban J connectivity index is 1.66. The smallest absolute Gasteiger partial charge is 0.290 e. The van der Waals surface area contributed by atoms with E-state index in [1.165, 1.54) is 0 Å². The maximum absolute atomic E-state index is 11.9. The first kappa shape index (κ1) is 17.0. The SMILES string of the molecule is CCc1nn(C)c(Cl)c1CN[C@@H]1CCCN(c2ncc[nH]c2=O)C1. The summed E-state index contributed by atoms with van der Waals surface area (Å²) in [6.45, 7) is 4.39. The van der Waals surface area contributed by atoms with Gasteiger partial charge < -0.3 is 15.2 Å². The van der Waals surface area contributed by atoms with E-state index in [1.54, 1.807) is 17.1 Å². The summed E-state index contributed by atoms with van der Waals surface area (Å²) in [6.07, 6.45) is 6.13. The van der Waals surface area contributed by atoms with E-state index >= 15 is 0 Å². The molecule has 1 saturated heterocycles. The van der Waals surface area contributed by atoms with Crippen LogP contribution < -0.4 is 15.8 Å². The third-order valence-electron chi connectivity index (χ3n) is 4.46. The minimum atomic E-state index is -0.137. The molecule has 0 bridgehead atoms. The Morgan fingerprint density at radius 1 is 1.50 bits per heavy atom. The van der Waals surface area contributed by atoms with Gasteiger partial charge in [-0.3, -0.25) is 9.48 Å². The minimum Gasteiger partial charge on any atom is -0.350 e. The Morgan fingerprint density at radius 2 is 2.33 bits per heavy atom. The maximum Gasteiger partial charge on any atom is 0.290 e. The van der Waals surface area contributed by atoms with Crippen LogP contribution in [0, 0.1) is 0 Å². The van der Waals surface area contributed by atoms with E-state index in [-0.39, 0.29) is 5.56 Å². The van der Waals surface area contributed by atoms with E-state index in [9.17, 15) is 4.79 Å². The second-order valence-electron chi connectivity index (χ2n) is 6.10. The molecule has 0 unspecified atom stereocenters. The van der Waals surface area contributed by atoms with Gasteiger partial charge in [-0.1, -0.05) is 18.5 Å². The molecule has 0 spiro atoms. The number of nitrogens with one attached hydrogen (secondary N) is 2. The molecule has 3 rings (SSSR count). The van der Waals surface area contributed by atoms with Gasteiger partial charge in [-0.15, -0.1) is 0 Å². The highest BCUT2D eigenvalue weighted by Gasteiger charge is 2.23. The zero-order chi connectivity index (χ0) is 17.1. The van der Waals surface area contributed by atoms with Crippen molar-refractivity contribution in [2.24, 2.45) is 7.05 Å². The average Bonchev–Trinajstić information content (AvgIpc) is 2.88. The lowest BCUT2D eigenvalue weighted by molar-refractivity contribution is 0.419. The quantitative estimate of drug-likeness (QED) is 0.854. The standard InChI is InChI=1S/C16H23ClN6O/c1-3-13-12(14(17)22(2)21-13)9-20-11-5-4-8-23(10-11)15-16(24)19-7-6-18-15/h6-7,11,20H,3-5,8-10H2,1-2H3,(H,19,24)/t11-/m1/s1. The summed E-state index contributed by atoms with van der Waals surface area (Å²) in [5.74, 6) is 0.498. The molecule has 0 aliphatic carbocycles. The van der Waals surface area contributed by atoms with E-state index in [1.807, 2.05) is 11.9 Å². The molecule has 2 aromatic rings. The van der Waals surface area contributed by atoms with Crippen molar-refractivity contribution in [3.05, 3.63) is 39.2 Å². The molecular formula is C16H23ClN6O. The number of aryl methyl sites for hydroxylation is 2. The van der Waals surface area contributed by atoms with Crippen molar-refractivity contribution >= 4 is 17.4 Å². The molecule has 1 aliphatic rings. The van der Waals surface area contributed by atoms with E-state index in [2.05, 4.69) is 27.3 Å². The third-order valence-corrected chi connectivity index (χ3v) is 4.94. The Labute approximate surface area is 146 Å². The molecule has 130 valence electrons. The monoisotopic (exact) mass is 350 g/mol. The van der Waals surface area contributed by atoms with E-state index < -0.39 is 0 Å². The van der Waals surface area contributed by atoms with E-state index in [0.29, 0.717) is 23.6 Å². The second kappa shape index (κ2) is 7.36. The predicted octanol–water partition coefficient (Wildman–Crippen LogP) is 1.48. The van der Waals surface area contributed by atoms with Gasteiger partial charge in [0, 0.05) is 50.7 Å². The Bertz CT molecular complexity index is 755. The van der Waals surface area contributed by atoms with Crippen molar-refractivity contribution in [2.45, 2.75) is 38.8 Å². The van der Waals surface area contributed by atoms with Crippen molar-refractivity contribution in [2.75, 3.05) is 18.0 Å². The fourth-order valence-electron chi connectivity index (χ4n) is 3.21. The van der Waals surface area contributed by atoms with E-state index in [0.717, 1.165) is 43.6 Å². The first-order chi connectivity index (χ1) is 11.6. The van der Waals surface area contributed by atoms with Crippen LogP contribution in [0.3, 0.4) is 0 Å². The van der Waals surface area contributed by atoms with Gasteiger partial charge in [0.25, 0.3) is 5.56 Å². The number of nitrogens with zero attached hydrogens (tertiary/aromatic N) is 4. The summed E-state index contributed by atoms with van der Waals surface area (Å²) in [5.41, 5.74) is 1.96. The summed E-state index contributed by atoms with van der Waals surface area (Å²) in [4.78, 5) is 20.9. The normalized spacial score (nSPS) is 18.1. The van der Waals surface area contributed by atoms with Crippen LogP contribution in [0.15, 0.2) is 17.2 Å². The molecule has 2 N–H and O–H groups in total. The van der Waals surface area contributed by atoms with Crippen molar-refractivity contribution in [3.63, 3.8) is 0 Å². The van der Waals surface area contributed by atoms with Crippen molar-refractivity contribution < 1.29 is 0 Å². The Morgan fingerprint density at radius 3 is 3.08 bits per heavy atom. The van der Waals surface area contributed by atoms with E-state index in [4.69, 9.17) is 11.6 Å². The van der Waals surface area contributed by atoms with Crippen LogP contribution in [0.2, 0.25) is 5.15 Å². The maximum atomic E-state index is 11.9. The van der Waals surface area contributed by atoms with Gasteiger partial charge >= 0.3 is 0 Å². The van der Waals surface area contributed by atoms with Gasteiger partial charge in [0.1, 0.15) is 5.15 Å². The fourth-order valence-corrected chi connectivity index (χ4v) is 3.42. The van der Waals surface area contributed by atoms with Crippen molar-refractivity contribution in [1.82, 2.24) is 25.1 Å². The van der Waals surface area contributed by atoms with Gasteiger partial charge in [-0.05, 0) is 19.3 Å². The number of anilines is 1. The van der Waals surface area contributed by atoms with Crippen LogP contribution >= 0.6 is 11.6 Å². The number of hydrogen-bond donors (Lipinski definition) is 2. The van der Waals surface area contributed by atoms with Gasteiger partial charge in [0.05, 0.1) is 5.69 Å². The molecule has 0 saturated carbocycles.